The molecule has 3 rings (SSSR count). The molecule has 160 valence electrons. The van der Waals surface area contributed by atoms with E-state index >= 15 is 0 Å². The average molecular weight is 438 g/mol. The largest absolute Gasteiger partial charge is 0.372 e. The van der Waals surface area contributed by atoms with Crippen molar-refractivity contribution in [3.05, 3.63) is 24.3 Å². The summed E-state index contributed by atoms with van der Waals surface area (Å²) in [6.45, 7) is 10.1. The van der Waals surface area contributed by atoms with E-state index in [0.717, 1.165) is 37.3 Å². The molecule has 0 unspecified atom stereocenters. The average Bonchev–Trinajstić information content (AvgIpc) is 3.15. The molecule has 1 amide bonds. The Kier molecular flexibility index (Phi) is 6.94. The number of benzene rings is 1. The van der Waals surface area contributed by atoms with Crippen molar-refractivity contribution in [1.82, 2.24) is 0 Å². The summed E-state index contributed by atoms with van der Waals surface area (Å²) < 4.78 is 24.4. The number of anilines is 2. The Bertz CT molecular complexity index is 860. The maximum atomic E-state index is 12.7. The Morgan fingerprint density at radius 3 is 2.31 bits per heavy atom. The second kappa shape index (κ2) is 9.08. The Labute approximate surface area is 178 Å². The number of nitrogens with zero attached hydrogens (tertiary/aromatic N) is 3. The van der Waals surface area contributed by atoms with Gasteiger partial charge in [0.2, 0.25) is 0 Å². The maximum absolute atomic E-state index is 12.7. The van der Waals surface area contributed by atoms with Gasteiger partial charge in [-0.15, -0.1) is 0 Å². The van der Waals surface area contributed by atoms with Crippen molar-refractivity contribution in [2.75, 3.05) is 34.4 Å². The number of hydrogen-bond donors (Lipinski definition) is 0. The van der Waals surface area contributed by atoms with Gasteiger partial charge < -0.3 is 9.80 Å². The summed E-state index contributed by atoms with van der Waals surface area (Å²) in [5, 5.41) is 0.568. The van der Waals surface area contributed by atoms with Crippen LogP contribution in [-0.2, 0) is 14.6 Å². The normalized spacial score (nSPS) is 24.3. The second-order valence-electron chi connectivity index (χ2n) is 7.61. The lowest BCUT2D eigenvalue weighted by molar-refractivity contribution is -0.121. The van der Waals surface area contributed by atoms with Crippen LogP contribution in [0.2, 0.25) is 0 Å². The van der Waals surface area contributed by atoms with Crippen LogP contribution in [0.1, 0.15) is 40.5 Å². The van der Waals surface area contributed by atoms with Crippen LogP contribution in [-0.4, -0.2) is 55.4 Å². The van der Waals surface area contributed by atoms with E-state index in [1.54, 1.807) is 0 Å². The van der Waals surface area contributed by atoms with Crippen LogP contribution in [0, 0.1) is 5.92 Å². The third-order valence-corrected chi connectivity index (χ3v) is 9.07. The molecule has 2 heterocycles. The van der Waals surface area contributed by atoms with Crippen LogP contribution in [0.5, 0.6) is 0 Å². The molecule has 1 aromatic rings. The van der Waals surface area contributed by atoms with E-state index in [2.05, 4.69) is 35.9 Å². The van der Waals surface area contributed by atoms with Crippen molar-refractivity contribution < 1.29 is 13.2 Å². The van der Waals surface area contributed by atoms with Crippen LogP contribution >= 0.6 is 11.8 Å². The molecule has 0 saturated carbocycles. The zero-order valence-electron chi connectivity index (χ0n) is 17.7. The smallest absolute Gasteiger partial charge is 0.251 e. The standard InChI is InChI=1S/C21H31N3O3S2/c1-5-15(6-2)20(25)22-21-24(18-13-29(26,27)14-19(18)28-21)17-11-9-16(10-12-17)23(7-3)8-4/h9-12,15,18-19H,5-8,13-14H2,1-4H3/t18-,19+/m1/s1. The van der Waals surface area contributed by atoms with Gasteiger partial charge in [0, 0.05) is 35.6 Å². The maximum Gasteiger partial charge on any atom is 0.251 e. The zero-order valence-corrected chi connectivity index (χ0v) is 19.3. The highest BCUT2D eigenvalue weighted by Gasteiger charge is 2.49. The number of thioether (sulfide) groups is 1. The first-order valence-corrected chi connectivity index (χ1v) is 13.2. The van der Waals surface area contributed by atoms with Gasteiger partial charge in [-0.3, -0.25) is 4.79 Å². The second-order valence-corrected chi connectivity index (χ2v) is 11.0. The molecule has 2 aliphatic rings. The summed E-state index contributed by atoms with van der Waals surface area (Å²) >= 11 is 1.44. The topological polar surface area (TPSA) is 70.0 Å². The Hall–Kier alpha value is -1.54. The molecule has 0 bridgehead atoms. The van der Waals surface area contributed by atoms with E-state index in [1.807, 2.05) is 30.9 Å². The van der Waals surface area contributed by atoms with E-state index < -0.39 is 9.84 Å². The van der Waals surface area contributed by atoms with Gasteiger partial charge in [0.25, 0.3) is 5.91 Å². The summed E-state index contributed by atoms with van der Waals surface area (Å²) in [7, 11) is -3.06. The minimum atomic E-state index is -3.06. The van der Waals surface area contributed by atoms with E-state index in [0.29, 0.717) is 5.17 Å². The summed E-state index contributed by atoms with van der Waals surface area (Å²) in [6.07, 6.45) is 1.52. The molecule has 0 radical (unpaired) electrons. The van der Waals surface area contributed by atoms with Gasteiger partial charge in [0.1, 0.15) is 0 Å². The van der Waals surface area contributed by atoms with Gasteiger partial charge in [-0.05, 0) is 51.0 Å². The molecule has 2 aliphatic heterocycles. The molecule has 2 fully saturated rings. The molecular formula is C21H31N3O3S2. The van der Waals surface area contributed by atoms with Crippen LogP contribution in [0.4, 0.5) is 11.4 Å². The monoisotopic (exact) mass is 437 g/mol. The minimum absolute atomic E-state index is 0.0734. The number of fused-ring (bicyclic) bond motifs is 1. The first-order chi connectivity index (χ1) is 13.8. The number of rotatable bonds is 7. The van der Waals surface area contributed by atoms with Crippen molar-refractivity contribution in [1.29, 1.82) is 0 Å². The third-order valence-electron chi connectivity index (χ3n) is 5.86. The van der Waals surface area contributed by atoms with Crippen molar-refractivity contribution in [3.63, 3.8) is 0 Å². The quantitative estimate of drug-likeness (QED) is 0.649. The van der Waals surface area contributed by atoms with Gasteiger partial charge in [0.05, 0.1) is 17.5 Å². The van der Waals surface area contributed by atoms with E-state index in [-0.39, 0.29) is 34.6 Å². The number of sulfone groups is 1. The summed E-state index contributed by atoms with van der Waals surface area (Å²) in [5.74, 6) is 0.0686. The molecule has 8 heteroatoms. The Morgan fingerprint density at radius 1 is 1.14 bits per heavy atom. The molecule has 6 nitrogen and oxygen atoms in total. The Balaban J connectivity index is 1.95. The summed E-state index contributed by atoms with van der Waals surface area (Å²) in [4.78, 5) is 21.4. The predicted octanol–water partition coefficient (Wildman–Crippen LogP) is 3.57. The van der Waals surface area contributed by atoms with Crippen molar-refractivity contribution in [2.24, 2.45) is 10.9 Å². The van der Waals surface area contributed by atoms with Crippen molar-refractivity contribution in [3.8, 4) is 0 Å². The van der Waals surface area contributed by atoms with Crippen LogP contribution in [0.15, 0.2) is 29.3 Å². The number of hydrogen-bond acceptors (Lipinski definition) is 5. The Morgan fingerprint density at radius 2 is 1.76 bits per heavy atom. The highest BCUT2D eigenvalue weighted by Crippen LogP contribution is 2.41. The lowest BCUT2D eigenvalue weighted by Gasteiger charge is -2.26. The molecule has 0 aromatic heterocycles. The number of carbonyl (C=O) groups excluding carboxylic acids is 1. The first kappa shape index (κ1) is 22.2. The van der Waals surface area contributed by atoms with Crippen LogP contribution < -0.4 is 9.80 Å². The molecular weight excluding hydrogens is 406 g/mol. The first-order valence-electron chi connectivity index (χ1n) is 10.5. The van der Waals surface area contributed by atoms with Crippen LogP contribution in [0.25, 0.3) is 0 Å². The molecule has 0 spiro atoms. The van der Waals surface area contributed by atoms with Gasteiger partial charge in [-0.1, -0.05) is 25.6 Å². The SMILES string of the molecule is CCC(CC)C(=O)N=C1S[C@H]2CS(=O)(=O)C[C@H]2N1c1ccc(N(CC)CC)cc1. The number of aliphatic imine (C=N–C) groups is 1. The predicted molar refractivity (Wildman–Crippen MR) is 123 cm³/mol. The number of amidine groups is 1. The number of amides is 1. The van der Waals surface area contributed by atoms with Gasteiger partial charge >= 0.3 is 0 Å². The third kappa shape index (κ3) is 4.63. The summed E-state index contributed by atoms with van der Waals surface area (Å²) in [5.41, 5.74) is 2.03. The highest BCUT2D eigenvalue weighted by molar-refractivity contribution is 8.16. The van der Waals surface area contributed by atoms with E-state index in [1.165, 1.54) is 11.8 Å². The fourth-order valence-electron chi connectivity index (χ4n) is 4.10. The molecule has 2 atom stereocenters. The van der Waals surface area contributed by atoms with Crippen molar-refractivity contribution in [2.45, 2.75) is 51.8 Å². The summed E-state index contributed by atoms with van der Waals surface area (Å²) in [6, 6.07) is 7.98. The highest BCUT2D eigenvalue weighted by atomic mass is 32.2. The van der Waals surface area contributed by atoms with Gasteiger partial charge in [-0.2, -0.15) is 4.99 Å². The lowest BCUT2D eigenvalue weighted by Crippen LogP contribution is -2.38. The molecule has 0 aliphatic carbocycles. The fourth-order valence-corrected chi connectivity index (χ4v) is 8.02. The van der Waals surface area contributed by atoms with Gasteiger partial charge in [0.15, 0.2) is 15.0 Å². The minimum Gasteiger partial charge on any atom is -0.372 e. The molecule has 1 aromatic carbocycles. The molecule has 29 heavy (non-hydrogen) atoms. The number of carbonyl (C=O) groups is 1. The molecule has 0 N–H and O–H groups in total. The fraction of sp³-hybridized carbons (Fsp3) is 0.619. The van der Waals surface area contributed by atoms with Gasteiger partial charge in [-0.25, -0.2) is 8.42 Å². The zero-order chi connectivity index (χ0) is 21.2. The van der Waals surface area contributed by atoms with E-state index in [4.69, 9.17) is 0 Å². The van der Waals surface area contributed by atoms with Crippen LogP contribution in [0.3, 0.4) is 0 Å². The molecule has 2 saturated heterocycles. The van der Waals surface area contributed by atoms with E-state index in [9.17, 15) is 13.2 Å². The van der Waals surface area contributed by atoms with Crippen molar-refractivity contribution >= 4 is 44.0 Å². The lowest BCUT2D eigenvalue weighted by atomic mass is 10.0.